The van der Waals surface area contributed by atoms with Gasteiger partial charge in [0.2, 0.25) is 0 Å². The molecule has 0 atom stereocenters. The Labute approximate surface area is 123 Å². The number of aromatic nitrogens is 2. The molecule has 0 aliphatic heterocycles. The van der Waals surface area contributed by atoms with Crippen molar-refractivity contribution in [2.45, 2.75) is 26.7 Å². The molecule has 6 nitrogen and oxygen atoms in total. The summed E-state index contributed by atoms with van der Waals surface area (Å²) < 4.78 is 5.61. The summed E-state index contributed by atoms with van der Waals surface area (Å²) in [5.41, 5.74) is 7.74. The zero-order valence-electron chi connectivity index (χ0n) is 12.2. The van der Waals surface area contributed by atoms with E-state index < -0.39 is 0 Å². The molecule has 0 spiro atoms. The first-order valence-electron chi connectivity index (χ1n) is 6.61. The van der Waals surface area contributed by atoms with E-state index in [0.29, 0.717) is 23.1 Å². The number of rotatable bonds is 4. The summed E-state index contributed by atoms with van der Waals surface area (Å²) >= 11 is 0. The molecule has 0 unspecified atom stereocenters. The molecule has 3 N–H and O–H groups in total. The Bertz CT molecular complexity index is 651. The van der Waals surface area contributed by atoms with Gasteiger partial charge in [-0.25, -0.2) is 4.98 Å². The summed E-state index contributed by atoms with van der Waals surface area (Å²) in [6.07, 6.45) is 0. The molecule has 110 valence electrons. The van der Waals surface area contributed by atoms with Crippen LogP contribution < -0.4 is 10.5 Å². The number of benzene rings is 1. The van der Waals surface area contributed by atoms with Crippen molar-refractivity contribution >= 4 is 5.84 Å². The lowest BCUT2D eigenvalue weighted by Gasteiger charge is -2.08. The normalized spacial score (nSPS) is 11.7. The van der Waals surface area contributed by atoms with Crippen LogP contribution in [0.2, 0.25) is 0 Å². The van der Waals surface area contributed by atoms with Crippen LogP contribution in [0.1, 0.15) is 36.7 Å². The number of hydrogen-bond acceptors (Lipinski definition) is 5. The number of aryl methyl sites for hydroxylation is 1. The largest absolute Gasteiger partial charge is 0.424 e. The highest BCUT2D eigenvalue weighted by Crippen LogP contribution is 2.22. The van der Waals surface area contributed by atoms with Gasteiger partial charge in [-0.05, 0) is 36.6 Å². The Morgan fingerprint density at radius 1 is 1.24 bits per heavy atom. The van der Waals surface area contributed by atoms with Crippen molar-refractivity contribution in [3.63, 3.8) is 0 Å². The van der Waals surface area contributed by atoms with Crippen molar-refractivity contribution in [2.24, 2.45) is 10.9 Å². The quantitative estimate of drug-likeness (QED) is 0.390. The number of nitrogens with zero attached hydrogens (tertiary/aromatic N) is 3. The van der Waals surface area contributed by atoms with E-state index in [1.807, 2.05) is 24.3 Å². The molecule has 0 saturated carbocycles. The van der Waals surface area contributed by atoms with Gasteiger partial charge in [0.15, 0.2) is 5.84 Å². The Kier molecular flexibility index (Phi) is 4.37. The molecule has 2 rings (SSSR count). The SMILES string of the molecule is Cc1cc(/C(N)=N/O)nc(Oc2ccc(C(C)C)cc2)n1. The van der Waals surface area contributed by atoms with E-state index in [1.54, 1.807) is 13.0 Å². The minimum absolute atomic E-state index is 0.0829. The van der Waals surface area contributed by atoms with Gasteiger partial charge in [-0.3, -0.25) is 0 Å². The molecule has 0 saturated heterocycles. The fourth-order valence-electron chi connectivity index (χ4n) is 1.80. The Morgan fingerprint density at radius 3 is 2.48 bits per heavy atom. The topological polar surface area (TPSA) is 93.6 Å². The maximum absolute atomic E-state index is 8.70. The molecular formula is C15H18N4O2. The number of oxime groups is 1. The second-order valence-corrected chi connectivity index (χ2v) is 4.99. The molecule has 2 aromatic rings. The molecule has 0 bridgehead atoms. The third-order valence-electron chi connectivity index (χ3n) is 2.96. The van der Waals surface area contributed by atoms with Gasteiger partial charge >= 0.3 is 6.01 Å². The minimum atomic E-state index is -0.0829. The summed E-state index contributed by atoms with van der Waals surface area (Å²) in [6, 6.07) is 9.51. The van der Waals surface area contributed by atoms with Gasteiger partial charge in [0.1, 0.15) is 11.4 Å². The van der Waals surface area contributed by atoms with E-state index in [1.165, 1.54) is 5.56 Å². The molecule has 0 aliphatic rings. The molecule has 0 aliphatic carbocycles. The summed E-state index contributed by atoms with van der Waals surface area (Å²) in [5.74, 6) is 1.01. The lowest BCUT2D eigenvalue weighted by Crippen LogP contribution is -2.16. The second kappa shape index (κ2) is 6.21. The van der Waals surface area contributed by atoms with Gasteiger partial charge in [-0.2, -0.15) is 4.98 Å². The van der Waals surface area contributed by atoms with Gasteiger partial charge in [-0.1, -0.05) is 31.1 Å². The van der Waals surface area contributed by atoms with Gasteiger partial charge < -0.3 is 15.7 Å². The monoisotopic (exact) mass is 286 g/mol. The van der Waals surface area contributed by atoms with Crippen molar-refractivity contribution < 1.29 is 9.94 Å². The standard InChI is InChI=1S/C15H18N4O2/c1-9(2)11-4-6-12(7-5-11)21-15-17-10(3)8-13(18-15)14(16)19-20/h4-9,20H,1-3H3,(H2,16,19). The molecule has 1 aromatic carbocycles. The van der Waals surface area contributed by atoms with Crippen molar-refractivity contribution in [2.75, 3.05) is 0 Å². The fraction of sp³-hybridized carbons (Fsp3) is 0.267. The van der Waals surface area contributed by atoms with Crippen molar-refractivity contribution in [1.29, 1.82) is 0 Å². The minimum Gasteiger partial charge on any atom is -0.424 e. The fourth-order valence-corrected chi connectivity index (χ4v) is 1.80. The van der Waals surface area contributed by atoms with Crippen molar-refractivity contribution in [3.8, 4) is 11.8 Å². The van der Waals surface area contributed by atoms with Crippen LogP contribution in [-0.2, 0) is 0 Å². The predicted molar refractivity (Wildman–Crippen MR) is 79.9 cm³/mol. The maximum atomic E-state index is 8.70. The number of amidine groups is 1. The second-order valence-electron chi connectivity index (χ2n) is 4.99. The maximum Gasteiger partial charge on any atom is 0.322 e. The molecule has 1 aromatic heterocycles. The van der Waals surface area contributed by atoms with Crippen molar-refractivity contribution in [3.05, 3.63) is 47.3 Å². The van der Waals surface area contributed by atoms with E-state index >= 15 is 0 Å². The van der Waals surface area contributed by atoms with E-state index in [4.69, 9.17) is 15.7 Å². The average Bonchev–Trinajstić information content (AvgIpc) is 2.46. The first kappa shape index (κ1) is 14.8. The number of nitrogens with two attached hydrogens (primary N) is 1. The zero-order valence-corrected chi connectivity index (χ0v) is 12.2. The summed E-state index contributed by atoms with van der Waals surface area (Å²) in [7, 11) is 0. The summed E-state index contributed by atoms with van der Waals surface area (Å²) in [5, 5.41) is 11.6. The number of ether oxygens (including phenoxy) is 1. The lowest BCUT2D eigenvalue weighted by molar-refractivity contribution is 0.318. The molecular weight excluding hydrogens is 268 g/mol. The van der Waals surface area contributed by atoms with Gasteiger partial charge in [-0.15, -0.1) is 0 Å². The van der Waals surface area contributed by atoms with Crippen molar-refractivity contribution in [1.82, 2.24) is 9.97 Å². The number of hydrogen-bond donors (Lipinski definition) is 2. The van der Waals surface area contributed by atoms with Crippen LogP contribution >= 0.6 is 0 Å². The molecule has 0 amide bonds. The Morgan fingerprint density at radius 2 is 1.90 bits per heavy atom. The first-order valence-corrected chi connectivity index (χ1v) is 6.61. The van der Waals surface area contributed by atoms with E-state index in [0.717, 1.165) is 0 Å². The molecule has 6 heteroatoms. The summed E-state index contributed by atoms with van der Waals surface area (Å²) in [4.78, 5) is 8.29. The smallest absolute Gasteiger partial charge is 0.322 e. The summed E-state index contributed by atoms with van der Waals surface area (Å²) in [6.45, 7) is 6.04. The van der Waals surface area contributed by atoms with Gasteiger partial charge in [0, 0.05) is 5.69 Å². The average molecular weight is 286 g/mol. The van der Waals surface area contributed by atoms with E-state index in [2.05, 4.69) is 29.0 Å². The van der Waals surface area contributed by atoms with Gasteiger partial charge in [0.05, 0.1) is 0 Å². The molecule has 21 heavy (non-hydrogen) atoms. The molecule has 1 heterocycles. The molecule has 0 fully saturated rings. The third-order valence-corrected chi connectivity index (χ3v) is 2.96. The zero-order chi connectivity index (χ0) is 15.4. The van der Waals surface area contributed by atoms with Crippen LogP contribution in [0.25, 0.3) is 0 Å². The van der Waals surface area contributed by atoms with Crippen LogP contribution in [0.15, 0.2) is 35.5 Å². The van der Waals surface area contributed by atoms with E-state index in [-0.39, 0.29) is 11.8 Å². The first-order chi connectivity index (χ1) is 9.99. The Hall–Kier alpha value is -2.63. The van der Waals surface area contributed by atoms with Crippen LogP contribution in [0.3, 0.4) is 0 Å². The highest BCUT2D eigenvalue weighted by atomic mass is 16.5. The highest BCUT2D eigenvalue weighted by molar-refractivity contribution is 5.95. The van der Waals surface area contributed by atoms with Gasteiger partial charge in [0.25, 0.3) is 0 Å². The van der Waals surface area contributed by atoms with Crippen LogP contribution in [0, 0.1) is 6.92 Å². The van der Waals surface area contributed by atoms with E-state index in [9.17, 15) is 0 Å². The van der Waals surface area contributed by atoms with Crippen LogP contribution in [0.5, 0.6) is 11.8 Å². The Balaban J connectivity index is 2.25. The molecule has 0 radical (unpaired) electrons. The lowest BCUT2D eigenvalue weighted by atomic mass is 10.0. The highest BCUT2D eigenvalue weighted by Gasteiger charge is 2.08. The van der Waals surface area contributed by atoms with Crippen LogP contribution in [0.4, 0.5) is 0 Å². The van der Waals surface area contributed by atoms with Crippen LogP contribution in [-0.4, -0.2) is 21.0 Å². The predicted octanol–water partition coefficient (Wildman–Crippen LogP) is 2.80. The third kappa shape index (κ3) is 3.68.